The van der Waals surface area contributed by atoms with Crippen molar-refractivity contribution in [1.29, 1.82) is 0 Å². The quantitative estimate of drug-likeness (QED) is 0.935. The van der Waals surface area contributed by atoms with Gasteiger partial charge in [0, 0.05) is 4.88 Å². The average Bonchev–Trinajstić information content (AvgIpc) is 2.54. The van der Waals surface area contributed by atoms with Crippen LogP contribution in [0.15, 0.2) is 4.79 Å². The van der Waals surface area contributed by atoms with E-state index >= 15 is 0 Å². The molecular weight excluding hydrogens is 268 g/mol. The van der Waals surface area contributed by atoms with Gasteiger partial charge in [0.15, 0.2) is 0 Å². The first kappa shape index (κ1) is 13.3. The average molecular weight is 282 g/mol. The largest absolute Gasteiger partial charge is 0.309 e. The van der Waals surface area contributed by atoms with Gasteiger partial charge in [-0.05, 0) is 26.3 Å². The number of rotatable bonds is 4. The van der Waals surface area contributed by atoms with Crippen LogP contribution in [-0.4, -0.2) is 21.5 Å². The fourth-order valence-corrected chi connectivity index (χ4v) is 3.43. The van der Waals surface area contributed by atoms with Gasteiger partial charge >= 0.3 is 0 Å². The van der Waals surface area contributed by atoms with E-state index in [9.17, 15) is 9.59 Å². The number of hydrogen-bond donors (Lipinski definition) is 1. The number of fused-ring (bicyclic) bond motifs is 1. The number of hydrogen-bond acceptors (Lipinski definition) is 5. The summed E-state index contributed by atoms with van der Waals surface area (Å²) in [4.78, 5) is 32.0. The molecule has 0 aliphatic carbocycles. The van der Waals surface area contributed by atoms with Crippen molar-refractivity contribution in [1.82, 2.24) is 9.97 Å². The Morgan fingerprint density at radius 3 is 2.83 bits per heavy atom. The second kappa shape index (κ2) is 5.24. The van der Waals surface area contributed by atoms with E-state index in [2.05, 4.69) is 9.97 Å². The zero-order valence-electron chi connectivity index (χ0n) is 10.5. The van der Waals surface area contributed by atoms with Crippen molar-refractivity contribution < 1.29 is 4.79 Å². The maximum atomic E-state index is 12.0. The Bertz CT molecular complexity index is 658. The van der Waals surface area contributed by atoms with Gasteiger partial charge in [-0.3, -0.25) is 9.59 Å². The Morgan fingerprint density at radius 1 is 1.44 bits per heavy atom. The van der Waals surface area contributed by atoms with E-state index < -0.39 is 0 Å². The van der Waals surface area contributed by atoms with E-state index in [1.165, 1.54) is 23.1 Å². The van der Waals surface area contributed by atoms with E-state index in [-0.39, 0.29) is 11.3 Å². The van der Waals surface area contributed by atoms with Crippen LogP contribution in [0.5, 0.6) is 0 Å². The molecule has 4 nitrogen and oxygen atoms in total. The summed E-state index contributed by atoms with van der Waals surface area (Å²) in [6, 6.07) is 0. The highest BCUT2D eigenvalue weighted by Gasteiger charge is 2.11. The van der Waals surface area contributed by atoms with E-state index in [1.807, 2.05) is 13.8 Å². The smallest absolute Gasteiger partial charge is 0.259 e. The molecule has 1 N–H and O–H groups in total. The van der Waals surface area contributed by atoms with Crippen LogP contribution >= 0.6 is 23.1 Å². The van der Waals surface area contributed by atoms with Gasteiger partial charge in [-0.1, -0.05) is 0 Å². The van der Waals surface area contributed by atoms with Gasteiger partial charge in [0.1, 0.15) is 16.4 Å². The Hall–Kier alpha value is -1.14. The molecule has 0 aliphatic rings. The topological polar surface area (TPSA) is 62.8 Å². The van der Waals surface area contributed by atoms with Crippen LogP contribution < -0.4 is 5.56 Å². The summed E-state index contributed by atoms with van der Waals surface area (Å²) < 4.78 is 0. The highest BCUT2D eigenvalue weighted by molar-refractivity contribution is 7.99. The first-order valence-corrected chi connectivity index (χ1v) is 7.52. The second-order valence-electron chi connectivity index (χ2n) is 4.17. The molecule has 0 radical (unpaired) electrons. The summed E-state index contributed by atoms with van der Waals surface area (Å²) >= 11 is 3.00. The molecule has 0 saturated heterocycles. The van der Waals surface area contributed by atoms with Crippen LogP contribution in [0.1, 0.15) is 23.2 Å². The maximum absolute atomic E-state index is 12.0. The molecule has 0 saturated carbocycles. The molecule has 0 amide bonds. The Balaban J connectivity index is 2.32. The van der Waals surface area contributed by atoms with E-state index in [4.69, 9.17) is 0 Å². The number of aromatic nitrogens is 2. The summed E-state index contributed by atoms with van der Waals surface area (Å²) in [5, 5.41) is 0.692. The van der Waals surface area contributed by atoms with E-state index in [1.54, 1.807) is 6.92 Å². The zero-order valence-corrected chi connectivity index (χ0v) is 12.1. The van der Waals surface area contributed by atoms with E-state index in [0.29, 0.717) is 22.7 Å². The highest BCUT2D eigenvalue weighted by Crippen LogP contribution is 2.26. The molecule has 2 aromatic rings. The van der Waals surface area contributed by atoms with Crippen LogP contribution in [-0.2, 0) is 10.5 Å². The van der Waals surface area contributed by atoms with Crippen LogP contribution in [0.2, 0.25) is 0 Å². The Kier molecular flexibility index (Phi) is 3.87. The maximum Gasteiger partial charge on any atom is 0.259 e. The predicted molar refractivity (Wildman–Crippen MR) is 76.6 cm³/mol. The van der Waals surface area contributed by atoms with Gasteiger partial charge in [-0.15, -0.1) is 23.1 Å². The van der Waals surface area contributed by atoms with Crippen molar-refractivity contribution in [2.24, 2.45) is 0 Å². The number of carbonyl (C=O) groups is 1. The summed E-state index contributed by atoms with van der Waals surface area (Å²) in [6.45, 7) is 5.49. The molecule has 2 aromatic heterocycles. The van der Waals surface area contributed by atoms with E-state index in [0.717, 1.165) is 15.3 Å². The van der Waals surface area contributed by atoms with Gasteiger partial charge < -0.3 is 4.98 Å². The molecule has 0 aliphatic heterocycles. The van der Waals surface area contributed by atoms with Crippen molar-refractivity contribution in [3.63, 3.8) is 0 Å². The Morgan fingerprint density at radius 2 is 2.17 bits per heavy atom. The molecule has 96 valence electrons. The molecule has 0 atom stereocenters. The number of aryl methyl sites for hydroxylation is 2. The Labute approximate surface area is 113 Å². The molecule has 0 bridgehead atoms. The number of aromatic amines is 1. The number of Topliss-reactive ketones (excluding diaryl/α,β-unsaturated/α-hetero) is 1. The third kappa shape index (κ3) is 2.64. The lowest BCUT2D eigenvalue weighted by molar-refractivity contribution is -0.114. The van der Waals surface area contributed by atoms with Gasteiger partial charge in [-0.2, -0.15) is 0 Å². The molecule has 0 spiro atoms. The van der Waals surface area contributed by atoms with Crippen LogP contribution in [0.4, 0.5) is 0 Å². The highest BCUT2D eigenvalue weighted by atomic mass is 32.2. The van der Waals surface area contributed by atoms with Crippen LogP contribution in [0.3, 0.4) is 0 Å². The molecule has 0 unspecified atom stereocenters. The third-order valence-corrected chi connectivity index (χ3v) is 4.82. The molecule has 18 heavy (non-hydrogen) atoms. The zero-order chi connectivity index (χ0) is 13.3. The lowest BCUT2D eigenvalue weighted by Crippen LogP contribution is -2.11. The van der Waals surface area contributed by atoms with Gasteiger partial charge in [0.2, 0.25) is 0 Å². The number of H-pyrrole nitrogens is 1. The lowest BCUT2D eigenvalue weighted by atomic mass is 10.2. The van der Waals surface area contributed by atoms with Crippen LogP contribution in [0, 0.1) is 13.8 Å². The summed E-state index contributed by atoms with van der Waals surface area (Å²) in [7, 11) is 0. The molecule has 0 aromatic carbocycles. The second-order valence-corrected chi connectivity index (χ2v) is 6.36. The number of thiophene rings is 1. The monoisotopic (exact) mass is 282 g/mol. The summed E-state index contributed by atoms with van der Waals surface area (Å²) in [5.74, 6) is 1.77. The SMILES string of the molecule is CC(=O)CSCc1nc2sc(C)c(C)c2c(=O)[nH]1. The van der Waals surface area contributed by atoms with Gasteiger partial charge in [0.25, 0.3) is 5.56 Å². The lowest BCUT2D eigenvalue weighted by Gasteiger charge is -2.00. The molecule has 0 fully saturated rings. The van der Waals surface area contributed by atoms with Crippen molar-refractivity contribution >= 4 is 39.1 Å². The fraction of sp³-hybridized carbons (Fsp3) is 0.417. The molecule has 6 heteroatoms. The number of nitrogens with zero attached hydrogens (tertiary/aromatic N) is 1. The minimum Gasteiger partial charge on any atom is -0.309 e. The first-order valence-electron chi connectivity index (χ1n) is 5.55. The number of ketones is 1. The number of carbonyl (C=O) groups excluding carboxylic acids is 1. The van der Waals surface area contributed by atoms with Crippen LogP contribution in [0.25, 0.3) is 10.2 Å². The van der Waals surface area contributed by atoms with Gasteiger partial charge in [0.05, 0.1) is 16.9 Å². The first-order chi connectivity index (χ1) is 8.49. The number of nitrogens with one attached hydrogen (secondary N) is 1. The van der Waals surface area contributed by atoms with Crippen molar-refractivity contribution in [2.75, 3.05) is 5.75 Å². The standard InChI is InChI=1S/C12H14N2O2S2/c1-6(15)4-17-5-9-13-11(16)10-7(2)8(3)18-12(10)14-9/h4-5H2,1-3H3,(H,13,14,16). The number of thioether (sulfide) groups is 1. The minimum absolute atomic E-state index is 0.0831. The summed E-state index contributed by atoms with van der Waals surface area (Å²) in [5.41, 5.74) is 0.923. The fourth-order valence-electron chi connectivity index (χ4n) is 1.66. The van der Waals surface area contributed by atoms with Crippen molar-refractivity contribution in [3.8, 4) is 0 Å². The normalized spacial score (nSPS) is 11.1. The minimum atomic E-state index is -0.0831. The molecular formula is C12H14N2O2S2. The molecule has 2 heterocycles. The van der Waals surface area contributed by atoms with Gasteiger partial charge in [-0.25, -0.2) is 4.98 Å². The predicted octanol–water partition coefficient (Wildman–Crippen LogP) is 2.42. The third-order valence-electron chi connectivity index (χ3n) is 2.63. The van der Waals surface area contributed by atoms with Crippen molar-refractivity contribution in [2.45, 2.75) is 26.5 Å². The summed E-state index contributed by atoms with van der Waals surface area (Å²) in [6.07, 6.45) is 0. The van der Waals surface area contributed by atoms with Crippen molar-refractivity contribution in [3.05, 3.63) is 26.6 Å². The molecule has 2 rings (SSSR count).